The lowest BCUT2D eigenvalue weighted by Gasteiger charge is -2.27. The zero-order valence-corrected chi connectivity index (χ0v) is 11.8. The zero-order chi connectivity index (χ0) is 13.2. The van der Waals surface area contributed by atoms with Gasteiger partial charge in [-0.3, -0.25) is 10.1 Å². The molecule has 0 saturated carbocycles. The molecule has 5 nitrogen and oxygen atoms in total. The molecule has 0 fully saturated rings. The summed E-state index contributed by atoms with van der Waals surface area (Å²) >= 11 is 0. The predicted octanol–water partition coefficient (Wildman–Crippen LogP) is 3.07. The minimum absolute atomic E-state index is 0. The van der Waals surface area contributed by atoms with Gasteiger partial charge in [0.25, 0.3) is 0 Å². The molecule has 6 heteroatoms. The summed E-state index contributed by atoms with van der Waals surface area (Å²) in [4.78, 5) is 10.4. The van der Waals surface area contributed by atoms with Crippen LogP contribution in [0.2, 0.25) is 0 Å². The van der Waals surface area contributed by atoms with Crippen molar-refractivity contribution in [1.82, 2.24) is 0 Å². The molecule has 0 unspecified atom stereocenters. The second-order valence-corrected chi connectivity index (χ2v) is 5.03. The Morgan fingerprint density at radius 2 is 1.94 bits per heavy atom. The van der Waals surface area contributed by atoms with Crippen LogP contribution in [-0.4, -0.2) is 12.0 Å². The molecule has 1 aromatic carbocycles. The number of nitrogens with two attached hydrogens (primary N) is 1. The van der Waals surface area contributed by atoms with E-state index in [1.54, 1.807) is 12.1 Å². The minimum atomic E-state index is -0.461. The van der Waals surface area contributed by atoms with E-state index >= 15 is 0 Å². The van der Waals surface area contributed by atoms with E-state index in [4.69, 9.17) is 10.5 Å². The first-order chi connectivity index (χ1) is 7.77. The van der Waals surface area contributed by atoms with Gasteiger partial charge in [-0.05, 0) is 17.0 Å². The summed E-state index contributed by atoms with van der Waals surface area (Å²) in [7, 11) is 1.41. The van der Waals surface area contributed by atoms with Gasteiger partial charge >= 0.3 is 5.69 Å². The minimum Gasteiger partial charge on any atom is -0.490 e. The Kier molecular flexibility index (Phi) is 5.57. The summed E-state index contributed by atoms with van der Waals surface area (Å²) in [5, 5.41) is 10.9. The molecule has 0 radical (unpaired) electrons. The second-order valence-electron chi connectivity index (χ2n) is 5.03. The normalized spacial score (nSPS) is 12.5. The van der Waals surface area contributed by atoms with Crippen molar-refractivity contribution in [2.24, 2.45) is 11.1 Å². The molecule has 1 aromatic rings. The van der Waals surface area contributed by atoms with Gasteiger partial charge in [0.2, 0.25) is 0 Å². The highest BCUT2D eigenvalue weighted by Gasteiger charge is 2.25. The lowest BCUT2D eigenvalue weighted by atomic mass is 9.83. The van der Waals surface area contributed by atoms with Crippen molar-refractivity contribution in [3.05, 3.63) is 33.9 Å². The Labute approximate surface area is 113 Å². The Morgan fingerprint density at radius 3 is 2.33 bits per heavy atom. The van der Waals surface area contributed by atoms with Crippen molar-refractivity contribution < 1.29 is 9.66 Å². The molecular weight excluding hydrogens is 256 g/mol. The highest BCUT2D eigenvalue weighted by Crippen LogP contribution is 2.35. The van der Waals surface area contributed by atoms with E-state index in [9.17, 15) is 10.1 Å². The quantitative estimate of drug-likeness (QED) is 0.679. The molecule has 102 valence electrons. The van der Waals surface area contributed by atoms with Gasteiger partial charge in [0, 0.05) is 12.1 Å². The smallest absolute Gasteiger partial charge is 0.311 e. The van der Waals surface area contributed by atoms with Crippen LogP contribution in [-0.2, 0) is 0 Å². The van der Waals surface area contributed by atoms with E-state index in [-0.39, 0.29) is 35.3 Å². The summed E-state index contributed by atoms with van der Waals surface area (Å²) < 4.78 is 4.94. The fraction of sp³-hybridized carbons (Fsp3) is 0.500. The summed E-state index contributed by atoms with van der Waals surface area (Å²) in [6.45, 7) is 5.98. The first kappa shape index (κ1) is 16.7. The number of halogens is 1. The van der Waals surface area contributed by atoms with E-state index in [0.29, 0.717) is 0 Å². The van der Waals surface area contributed by atoms with Crippen molar-refractivity contribution in [3.63, 3.8) is 0 Å². The number of hydrogen-bond acceptors (Lipinski definition) is 4. The molecule has 0 amide bonds. The largest absolute Gasteiger partial charge is 0.490 e. The lowest BCUT2D eigenvalue weighted by molar-refractivity contribution is -0.385. The standard InChI is InChI=1S/C12H18N2O3.ClH/c1-12(2,3)11(13)8-5-6-10(17-4)9(7-8)14(15)16;/h5-7,11H,13H2,1-4H3;1H/t11-;/m1./s1. The zero-order valence-electron chi connectivity index (χ0n) is 11.0. The third-order valence-electron chi connectivity index (χ3n) is 2.69. The van der Waals surface area contributed by atoms with Crippen LogP contribution in [0.5, 0.6) is 5.75 Å². The maximum atomic E-state index is 10.9. The maximum absolute atomic E-state index is 10.9. The molecule has 0 aliphatic heterocycles. The fourth-order valence-electron chi connectivity index (χ4n) is 1.54. The Bertz CT molecular complexity index is 430. The number of rotatable bonds is 3. The third-order valence-corrected chi connectivity index (χ3v) is 2.69. The van der Waals surface area contributed by atoms with Crippen molar-refractivity contribution in [3.8, 4) is 5.75 Å². The number of ether oxygens (including phenoxy) is 1. The molecule has 1 atom stereocenters. The average Bonchev–Trinajstić information content (AvgIpc) is 2.25. The SMILES string of the molecule is COc1ccc([C@@H](N)C(C)(C)C)cc1[N+](=O)[O-].Cl. The van der Waals surface area contributed by atoms with Crippen LogP contribution in [0.1, 0.15) is 32.4 Å². The highest BCUT2D eigenvalue weighted by molar-refractivity contribution is 5.85. The van der Waals surface area contributed by atoms with Gasteiger partial charge < -0.3 is 10.5 Å². The molecule has 0 bridgehead atoms. The number of hydrogen-bond donors (Lipinski definition) is 1. The van der Waals surface area contributed by atoms with Gasteiger partial charge in [0.1, 0.15) is 0 Å². The van der Waals surface area contributed by atoms with E-state index in [2.05, 4.69) is 0 Å². The van der Waals surface area contributed by atoms with Crippen molar-refractivity contribution in [2.75, 3.05) is 7.11 Å². The van der Waals surface area contributed by atoms with Gasteiger partial charge in [0.05, 0.1) is 12.0 Å². The Morgan fingerprint density at radius 1 is 1.39 bits per heavy atom. The van der Waals surface area contributed by atoms with Crippen molar-refractivity contribution in [1.29, 1.82) is 0 Å². The van der Waals surface area contributed by atoms with Crippen LogP contribution < -0.4 is 10.5 Å². The highest BCUT2D eigenvalue weighted by atomic mass is 35.5. The van der Waals surface area contributed by atoms with E-state index < -0.39 is 4.92 Å². The summed E-state index contributed by atoms with van der Waals surface area (Å²) in [5.41, 5.74) is 6.61. The number of methoxy groups -OCH3 is 1. The van der Waals surface area contributed by atoms with E-state index in [1.165, 1.54) is 13.2 Å². The molecule has 0 saturated heterocycles. The Balaban J connectivity index is 0.00000289. The number of nitro groups is 1. The molecule has 0 spiro atoms. The molecule has 0 heterocycles. The number of nitro benzene ring substituents is 1. The van der Waals surface area contributed by atoms with Crippen LogP contribution in [0.25, 0.3) is 0 Å². The van der Waals surface area contributed by atoms with Crippen molar-refractivity contribution in [2.45, 2.75) is 26.8 Å². The van der Waals surface area contributed by atoms with Crippen LogP contribution in [0.4, 0.5) is 5.69 Å². The van der Waals surface area contributed by atoms with Gasteiger partial charge in [-0.15, -0.1) is 12.4 Å². The first-order valence-corrected chi connectivity index (χ1v) is 5.35. The van der Waals surface area contributed by atoms with Gasteiger partial charge in [-0.1, -0.05) is 26.8 Å². The fourth-order valence-corrected chi connectivity index (χ4v) is 1.54. The van der Waals surface area contributed by atoms with Gasteiger partial charge in [-0.2, -0.15) is 0 Å². The predicted molar refractivity (Wildman–Crippen MR) is 73.3 cm³/mol. The monoisotopic (exact) mass is 274 g/mol. The first-order valence-electron chi connectivity index (χ1n) is 5.35. The molecule has 0 aliphatic carbocycles. The van der Waals surface area contributed by atoms with Crippen LogP contribution in [0, 0.1) is 15.5 Å². The summed E-state index contributed by atoms with van der Waals surface area (Å²) in [6.07, 6.45) is 0. The van der Waals surface area contributed by atoms with Crippen LogP contribution >= 0.6 is 12.4 Å². The average molecular weight is 275 g/mol. The lowest BCUT2D eigenvalue weighted by Crippen LogP contribution is -2.26. The maximum Gasteiger partial charge on any atom is 0.311 e. The summed E-state index contributed by atoms with van der Waals surface area (Å²) in [5.74, 6) is 0.250. The summed E-state index contributed by atoms with van der Waals surface area (Å²) in [6, 6.07) is 4.57. The molecule has 18 heavy (non-hydrogen) atoms. The van der Waals surface area contributed by atoms with E-state index in [0.717, 1.165) is 5.56 Å². The number of benzene rings is 1. The molecular formula is C12H19ClN2O3. The van der Waals surface area contributed by atoms with Gasteiger partial charge in [-0.25, -0.2) is 0 Å². The van der Waals surface area contributed by atoms with E-state index in [1.807, 2.05) is 20.8 Å². The second kappa shape index (κ2) is 6.02. The molecule has 2 N–H and O–H groups in total. The molecule has 0 aromatic heterocycles. The van der Waals surface area contributed by atoms with Gasteiger partial charge in [0.15, 0.2) is 5.75 Å². The van der Waals surface area contributed by atoms with Crippen molar-refractivity contribution >= 4 is 18.1 Å². The van der Waals surface area contributed by atoms with Crippen LogP contribution in [0.15, 0.2) is 18.2 Å². The van der Waals surface area contributed by atoms with Crippen LogP contribution in [0.3, 0.4) is 0 Å². The number of nitrogens with zero attached hydrogens (tertiary/aromatic N) is 1. The topological polar surface area (TPSA) is 78.4 Å². The molecule has 1 rings (SSSR count). The Hall–Kier alpha value is -1.33. The molecule has 0 aliphatic rings. The third kappa shape index (κ3) is 3.58.